The van der Waals surface area contributed by atoms with Gasteiger partial charge in [-0.1, -0.05) is 60.7 Å². The van der Waals surface area contributed by atoms with Crippen LogP contribution in [-0.4, -0.2) is 68.9 Å². The minimum Gasteiger partial charge on any atom is -0.465 e. The summed E-state index contributed by atoms with van der Waals surface area (Å²) in [6.07, 6.45) is 4.19. The molecule has 0 spiro atoms. The van der Waals surface area contributed by atoms with Crippen LogP contribution in [0.2, 0.25) is 0 Å². The summed E-state index contributed by atoms with van der Waals surface area (Å²) >= 11 is 12.9. The number of carboxylic acid groups (broad SMARTS) is 1. The number of halogens is 2. The molecule has 0 bridgehead atoms. The molecule has 4 N–H and O–H groups in total. The average Bonchev–Trinajstić information content (AvgIpc) is 3.79. The smallest absolute Gasteiger partial charge is 0.465 e. The summed E-state index contributed by atoms with van der Waals surface area (Å²) in [6.45, 7) is 10.1. The maximum atomic E-state index is 14.0. The number of carbonyl (C=O) groups is 3. The van der Waals surface area contributed by atoms with Crippen molar-refractivity contribution in [1.82, 2.24) is 0 Å². The van der Waals surface area contributed by atoms with E-state index in [0.717, 1.165) is 11.1 Å². The zero-order valence-corrected chi connectivity index (χ0v) is 40.2. The van der Waals surface area contributed by atoms with Crippen LogP contribution in [0, 0.1) is 0 Å². The lowest BCUT2D eigenvalue weighted by Crippen LogP contribution is -2.28. The number of rotatable bonds is 13. The highest BCUT2D eigenvalue weighted by molar-refractivity contribution is 7.48. The zero-order valence-electron chi connectivity index (χ0n) is 36.9. The summed E-state index contributed by atoms with van der Waals surface area (Å²) < 4.78 is 48.1. The van der Waals surface area contributed by atoms with E-state index in [0.29, 0.717) is 44.0 Å². The van der Waals surface area contributed by atoms with Crippen LogP contribution in [0.1, 0.15) is 75.6 Å². The Kier molecular flexibility index (Phi) is 13.9. The lowest BCUT2D eigenvalue weighted by atomic mass is 9.95. The number of alkyl halides is 2. The first kappa shape index (κ1) is 48.7. The van der Waals surface area contributed by atoms with Gasteiger partial charge in [-0.25, -0.2) is 13.9 Å². The lowest BCUT2D eigenvalue weighted by Gasteiger charge is -2.24. The molecule has 5 aromatic rings. The third-order valence-corrected chi connectivity index (χ3v) is 13.7. The van der Waals surface area contributed by atoms with E-state index in [-0.39, 0.29) is 53.9 Å². The van der Waals surface area contributed by atoms with Crippen molar-refractivity contribution in [3.8, 4) is 11.5 Å². The molecule has 2 unspecified atom stereocenters. The van der Waals surface area contributed by atoms with E-state index in [4.69, 9.17) is 41.3 Å². The predicted molar refractivity (Wildman–Crippen MR) is 258 cm³/mol. The molecule has 0 aliphatic carbocycles. The predicted octanol–water partition coefficient (Wildman–Crippen LogP) is 11.4. The quantitative estimate of drug-likeness (QED) is 0.0495. The molecule has 0 saturated carbocycles. The summed E-state index contributed by atoms with van der Waals surface area (Å²) in [5.41, 5.74) is 1.30. The van der Waals surface area contributed by atoms with Crippen molar-refractivity contribution in [2.24, 2.45) is 0 Å². The second-order valence-corrected chi connectivity index (χ2v) is 21.0. The van der Waals surface area contributed by atoms with Crippen molar-refractivity contribution in [3.05, 3.63) is 113 Å². The SMILES string of the molecule is CC(C)(C)OP(=O)(O)Oc1cc2c(c3ccccc13)[C@H](CCl)CN2C(=O)C=Cc1ccc(C=CC(=O)N2C[C@@H](CCl)c3c2cc(OP(=O)(O)OC(C)(C)C)c2ccccc32)c(NC(=O)O)c1. The third kappa shape index (κ3) is 11.0. The van der Waals surface area contributed by atoms with E-state index < -0.39 is 44.8 Å². The maximum Gasteiger partial charge on any atom is 0.527 e. The van der Waals surface area contributed by atoms with Crippen LogP contribution in [0.15, 0.2) is 91.0 Å². The van der Waals surface area contributed by atoms with Crippen LogP contribution < -0.4 is 24.2 Å². The van der Waals surface area contributed by atoms with Gasteiger partial charge in [0.05, 0.1) is 28.3 Å². The molecule has 348 valence electrons. The molecule has 0 radical (unpaired) electrons. The maximum absolute atomic E-state index is 14.0. The van der Waals surface area contributed by atoms with Crippen molar-refractivity contribution in [1.29, 1.82) is 0 Å². The highest BCUT2D eigenvalue weighted by Crippen LogP contribution is 2.54. The molecule has 2 heterocycles. The molecule has 0 fully saturated rings. The van der Waals surface area contributed by atoms with Crippen LogP contribution in [0.25, 0.3) is 33.7 Å². The Labute approximate surface area is 391 Å². The van der Waals surface area contributed by atoms with Gasteiger partial charge >= 0.3 is 21.7 Å². The van der Waals surface area contributed by atoms with Crippen molar-refractivity contribution in [2.45, 2.75) is 64.6 Å². The van der Waals surface area contributed by atoms with Crippen LogP contribution in [0.3, 0.4) is 0 Å². The summed E-state index contributed by atoms with van der Waals surface area (Å²) in [4.78, 5) is 64.2. The molecule has 0 aromatic heterocycles. The molecule has 7 rings (SSSR count). The Balaban J connectivity index is 1.16. The van der Waals surface area contributed by atoms with E-state index in [1.165, 1.54) is 52.3 Å². The van der Waals surface area contributed by atoms with Crippen LogP contribution in [0.5, 0.6) is 11.5 Å². The fourth-order valence-corrected chi connectivity index (χ4v) is 10.9. The lowest BCUT2D eigenvalue weighted by molar-refractivity contribution is -0.114. The highest BCUT2D eigenvalue weighted by atomic mass is 35.5. The molecule has 2 aliphatic rings. The number of carbonyl (C=O) groups excluding carboxylic acids is 2. The largest absolute Gasteiger partial charge is 0.527 e. The van der Waals surface area contributed by atoms with Gasteiger partial charge in [-0.2, -0.15) is 0 Å². The van der Waals surface area contributed by atoms with Gasteiger partial charge in [-0.05, 0) is 92.8 Å². The Morgan fingerprint density at radius 2 is 1.11 bits per heavy atom. The number of amides is 3. The third-order valence-electron chi connectivity index (χ3n) is 10.5. The molecule has 4 atom stereocenters. The molecule has 19 heteroatoms. The van der Waals surface area contributed by atoms with Gasteiger partial charge in [0.2, 0.25) is 0 Å². The van der Waals surface area contributed by atoms with Gasteiger partial charge in [0.15, 0.2) is 0 Å². The van der Waals surface area contributed by atoms with Crippen molar-refractivity contribution in [2.75, 3.05) is 40.0 Å². The van der Waals surface area contributed by atoms with E-state index in [1.54, 1.807) is 84.0 Å². The number of nitrogens with one attached hydrogen (secondary N) is 1. The molecule has 3 amide bonds. The van der Waals surface area contributed by atoms with Gasteiger partial charge in [0.25, 0.3) is 11.8 Å². The molecule has 66 heavy (non-hydrogen) atoms. The van der Waals surface area contributed by atoms with Gasteiger partial charge in [-0.15, -0.1) is 23.2 Å². The first-order chi connectivity index (χ1) is 31.0. The number of nitrogens with zero attached hydrogens (tertiary/aromatic N) is 2. The van der Waals surface area contributed by atoms with E-state index in [9.17, 15) is 38.4 Å². The Morgan fingerprint density at radius 3 is 1.52 bits per heavy atom. The fourth-order valence-electron chi connectivity index (χ4n) is 8.18. The van der Waals surface area contributed by atoms with Crippen LogP contribution >= 0.6 is 38.8 Å². The average molecular weight is 981 g/mol. The van der Waals surface area contributed by atoms with Crippen LogP contribution in [0.4, 0.5) is 21.9 Å². The number of hydrogen-bond acceptors (Lipinski definition) is 9. The second kappa shape index (κ2) is 18.8. The summed E-state index contributed by atoms with van der Waals surface area (Å²) in [5.74, 6) is -1.07. The first-order valence-corrected chi connectivity index (χ1v) is 24.8. The molecule has 2 aliphatic heterocycles. The Bertz CT molecular complexity index is 2910. The topological polar surface area (TPSA) is 201 Å². The molecular formula is C47H49Cl2N3O12P2. The minimum atomic E-state index is -4.61. The fraction of sp³-hybridized carbons (Fsp3) is 0.298. The van der Waals surface area contributed by atoms with E-state index in [1.807, 2.05) is 18.2 Å². The first-order valence-electron chi connectivity index (χ1n) is 20.8. The van der Waals surface area contributed by atoms with Gasteiger partial charge in [0, 0.05) is 71.7 Å². The number of anilines is 3. The molecule has 15 nitrogen and oxygen atoms in total. The number of hydrogen-bond donors (Lipinski definition) is 4. The number of phosphoric ester groups is 2. The van der Waals surface area contributed by atoms with Gasteiger partial charge in [0.1, 0.15) is 11.5 Å². The number of benzene rings is 5. The van der Waals surface area contributed by atoms with Crippen molar-refractivity contribution in [3.63, 3.8) is 0 Å². The second-order valence-electron chi connectivity index (χ2n) is 17.8. The Hall–Kier alpha value is -5.21. The minimum absolute atomic E-state index is 0.0338. The van der Waals surface area contributed by atoms with Gasteiger partial charge < -0.3 is 24.0 Å². The monoisotopic (exact) mass is 979 g/mol. The summed E-state index contributed by atoms with van der Waals surface area (Å²) in [6, 6.07) is 22.1. The number of fused-ring (bicyclic) bond motifs is 6. The highest BCUT2D eigenvalue weighted by Gasteiger charge is 2.38. The standard InChI is InChI=1S/C47H49Cl2N3O12P2/c1-46(2,3)63-65(57,58)61-39-22-37-43(34-13-9-7-11-32(34)39)30(24-48)26-51(37)41(53)19-16-28-15-17-29(36(21-28)50-45(55)56)18-20-42(54)52-27-31(25-49)44-35-14-10-8-12-33(35)40(23-38(44)52)62-66(59,60)64-47(4,5)6/h7-23,30-31,50H,24-27H2,1-6H3,(H,55,56)(H,57,58)(H,59,60)/t30-,31-/m1/s1. The van der Waals surface area contributed by atoms with Gasteiger partial charge in [-0.3, -0.25) is 33.7 Å². The normalized spacial score (nSPS) is 18.1. The number of phosphoric acid groups is 2. The molecule has 5 aromatic carbocycles. The van der Waals surface area contributed by atoms with Crippen LogP contribution in [-0.2, 0) is 27.8 Å². The summed E-state index contributed by atoms with van der Waals surface area (Å²) in [7, 11) is -9.22. The molecular weight excluding hydrogens is 931 g/mol. The van der Waals surface area contributed by atoms with Crippen molar-refractivity contribution >= 4 is 108 Å². The molecule has 0 saturated heterocycles. The van der Waals surface area contributed by atoms with E-state index >= 15 is 0 Å². The summed E-state index contributed by atoms with van der Waals surface area (Å²) in [5, 5.41) is 14.6. The van der Waals surface area contributed by atoms with E-state index in [2.05, 4.69) is 5.32 Å². The zero-order chi connectivity index (χ0) is 47.9. The Morgan fingerprint density at radius 1 is 0.682 bits per heavy atom. The van der Waals surface area contributed by atoms with Crippen molar-refractivity contribution < 1.29 is 56.5 Å².